The Morgan fingerprint density at radius 2 is 1.68 bits per heavy atom. The van der Waals surface area contributed by atoms with Crippen LogP contribution < -0.4 is 5.32 Å². The summed E-state index contributed by atoms with van der Waals surface area (Å²) >= 11 is 6.13. The zero-order valence-corrected chi connectivity index (χ0v) is 20.0. The number of nitrogens with one attached hydrogen (secondary N) is 1. The average molecular weight is 466 g/mol. The largest absolute Gasteiger partial charge is 0.332 e. The molecule has 2 rings (SSSR count). The molecule has 0 atom stereocenters. The van der Waals surface area contributed by atoms with Crippen molar-refractivity contribution in [2.45, 2.75) is 32.6 Å². The Morgan fingerprint density at radius 1 is 1.03 bits per heavy atom. The maximum atomic E-state index is 12.9. The monoisotopic (exact) mass is 465 g/mol. The number of aryl methyl sites for hydroxylation is 2. The number of likely N-dealkylation sites (N-methyl/N-ethyl adjacent to an activating group) is 1. The molecule has 0 unspecified atom stereocenters. The number of hydrogen-bond donors (Lipinski definition) is 1. The molecule has 0 aliphatic rings. The number of benzene rings is 2. The number of rotatable bonds is 8. The van der Waals surface area contributed by atoms with E-state index in [-0.39, 0.29) is 41.0 Å². The molecule has 2 amide bonds. The van der Waals surface area contributed by atoms with E-state index >= 15 is 0 Å². The molecule has 7 nitrogen and oxygen atoms in total. The van der Waals surface area contributed by atoms with Gasteiger partial charge in [0.05, 0.1) is 11.6 Å². The van der Waals surface area contributed by atoms with Gasteiger partial charge in [0.15, 0.2) is 0 Å². The average Bonchev–Trinajstić information content (AvgIpc) is 2.71. The lowest BCUT2D eigenvalue weighted by molar-refractivity contribution is -0.116. The summed E-state index contributed by atoms with van der Waals surface area (Å²) in [4.78, 5) is 26.4. The van der Waals surface area contributed by atoms with E-state index in [0.29, 0.717) is 5.69 Å². The third-order valence-corrected chi connectivity index (χ3v) is 7.43. The van der Waals surface area contributed by atoms with Crippen LogP contribution in [0.15, 0.2) is 41.3 Å². The van der Waals surface area contributed by atoms with Gasteiger partial charge in [-0.05, 0) is 49.2 Å². The predicted octanol–water partition coefficient (Wildman–Crippen LogP) is 3.70. The minimum absolute atomic E-state index is 0.0405. The first-order valence-corrected chi connectivity index (χ1v) is 11.7. The molecular weight excluding hydrogens is 438 g/mol. The second kappa shape index (κ2) is 10.3. The molecule has 168 valence electrons. The lowest BCUT2D eigenvalue weighted by Crippen LogP contribution is -2.35. The molecule has 0 bridgehead atoms. The van der Waals surface area contributed by atoms with Gasteiger partial charge in [0.1, 0.15) is 4.90 Å². The summed E-state index contributed by atoms with van der Waals surface area (Å²) in [5.41, 5.74) is 2.74. The summed E-state index contributed by atoms with van der Waals surface area (Å²) in [5.74, 6) is -0.835. The molecular formula is C22H28ClN3O4S. The second-order valence-electron chi connectivity index (χ2n) is 7.26. The minimum atomic E-state index is -3.83. The fourth-order valence-corrected chi connectivity index (χ4v) is 5.06. The second-order valence-corrected chi connectivity index (χ2v) is 9.58. The number of amides is 2. The first-order valence-electron chi connectivity index (χ1n) is 9.93. The number of carbonyl (C=O) groups is 2. The van der Waals surface area contributed by atoms with E-state index in [4.69, 9.17) is 11.6 Å². The zero-order chi connectivity index (χ0) is 23.3. The van der Waals surface area contributed by atoms with E-state index in [1.807, 2.05) is 32.0 Å². The SMILES string of the molecule is CCN(CC)S(=O)(=O)c1cc(C(=O)N(C)CC(=O)Nc2cc(C)ccc2C)ccc1Cl. The number of carbonyl (C=O) groups excluding carboxylic acids is 2. The van der Waals surface area contributed by atoms with Crippen LogP contribution in [-0.2, 0) is 14.8 Å². The maximum absolute atomic E-state index is 12.9. The van der Waals surface area contributed by atoms with Crippen molar-refractivity contribution < 1.29 is 18.0 Å². The molecule has 9 heteroatoms. The molecule has 0 spiro atoms. The van der Waals surface area contributed by atoms with E-state index in [1.165, 1.54) is 34.5 Å². The van der Waals surface area contributed by atoms with Gasteiger partial charge in [-0.1, -0.05) is 37.6 Å². The summed E-state index contributed by atoms with van der Waals surface area (Å²) in [6.45, 7) is 7.65. The minimum Gasteiger partial charge on any atom is -0.332 e. The van der Waals surface area contributed by atoms with Crippen molar-refractivity contribution in [1.82, 2.24) is 9.21 Å². The first kappa shape index (κ1) is 24.8. The number of halogens is 1. The Morgan fingerprint density at radius 3 is 2.29 bits per heavy atom. The van der Waals surface area contributed by atoms with E-state index in [0.717, 1.165) is 11.1 Å². The van der Waals surface area contributed by atoms with Crippen LogP contribution in [0.2, 0.25) is 5.02 Å². The number of anilines is 1. The van der Waals surface area contributed by atoms with Gasteiger partial charge in [0.2, 0.25) is 15.9 Å². The molecule has 1 N–H and O–H groups in total. The molecule has 0 aliphatic carbocycles. The van der Waals surface area contributed by atoms with Crippen LogP contribution in [-0.4, -0.2) is 56.1 Å². The van der Waals surface area contributed by atoms with Crippen LogP contribution in [0.3, 0.4) is 0 Å². The molecule has 2 aromatic carbocycles. The van der Waals surface area contributed by atoms with Crippen LogP contribution >= 0.6 is 11.6 Å². The summed E-state index contributed by atoms with van der Waals surface area (Å²) in [5, 5.41) is 2.85. The third-order valence-electron chi connectivity index (χ3n) is 4.90. The summed E-state index contributed by atoms with van der Waals surface area (Å²) in [7, 11) is -2.35. The molecule has 0 heterocycles. The number of hydrogen-bond acceptors (Lipinski definition) is 4. The van der Waals surface area contributed by atoms with Crippen LogP contribution in [0, 0.1) is 13.8 Å². The molecule has 0 aliphatic heterocycles. The Balaban J connectivity index is 2.21. The third kappa shape index (κ3) is 5.84. The van der Waals surface area contributed by atoms with Gasteiger partial charge < -0.3 is 10.2 Å². The summed E-state index contributed by atoms with van der Waals surface area (Å²) < 4.78 is 27.0. The van der Waals surface area contributed by atoms with Crippen LogP contribution in [0.1, 0.15) is 35.3 Å². The highest BCUT2D eigenvalue weighted by Gasteiger charge is 2.26. The number of sulfonamides is 1. The van der Waals surface area contributed by atoms with Gasteiger partial charge in [0, 0.05) is 31.4 Å². The van der Waals surface area contributed by atoms with Crippen molar-refractivity contribution in [3.8, 4) is 0 Å². The standard InChI is InChI=1S/C22H28ClN3O4S/c1-6-26(7-2)31(29,30)20-13-17(10-11-18(20)23)22(28)25(5)14-21(27)24-19-12-15(3)8-9-16(19)4/h8-13H,6-7,14H2,1-5H3,(H,24,27). The lowest BCUT2D eigenvalue weighted by atomic mass is 10.1. The normalized spacial score (nSPS) is 11.5. The van der Waals surface area contributed by atoms with E-state index in [9.17, 15) is 18.0 Å². The fraction of sp³-hybridized carbons (Fsp3) is 0.364. The highest BCUT2D eigenvalue weighted by Crippen LogP contribution is 2.26. The van der Waals surface area contributed by atoms with Crippen molar-refractivity contribution >= 4 is 39.1 Å². The van der Waals surface area contributed by atoms with Crippen LogP contribution in [0.25, 0.3) is 0 Å². The van der Waals surface area contributed by atoms with Crippen molar-refractivity contribution in [1.29, 1.82) is 0 Å². The molecule has 0 saturated carbocycles. The molecule has 2 aromatic rings. The van der Waals surface area contributed by atoms with Crippen molar-refractivity contribution in [2.24, 2.45) is 0 Å². The molecule has 31 heavy (non-hydrogen) atoms. The zero-order valence-electron chi connectivity index (χ0n) is 18.4. The van der Waals surface area contributed by atoms with Gasteiger partial charge in [-0.2, -0.15) is 4.31 Å². The van der Waals surface area contributed by atoms with E-state index in [2.05, 4.69) is 5.32 Å². The summed E-state index contributed by atoms with van der Waals surface area (Å²) in [6.07, 6.45) is 0. The molecule has 0 aromatic heterocycles. The Labute approximate surface area is 189 Å². The van der Waals surface area contributed by atoms with Gasteiger partial charge >= 0.3 is 0 Å². The molecule has 0 radical (unpaired) electrons. The Bertz CT molecular complexity index is 1080. The molecule has 0 fully saturated rings. The van der Waals surface area contributed by atoms with Crippen LogP contribution in [0.5, 0.6) is 0 Å². The first-order chi connectivity index (χ1) is 14.5. The topological polar surface area (TPSA) is 86.8 Å². The quantitative estimate of drug-likeness (QED) is 0.644. The van der Waals surface area contributed by atoms with E-state index in [1.54, 1.807) is 13.8 Å². The highest BCUT2D eigenvalue weighted by atomic mass is 35.5. The van der Waals surface area contributed by atoms with Gasteiger partial charge in [-0.3, -0.25) is 9.59 Å². The van der Waals surface area contributed by atoms with Gasteiger partial charge in [-0.15, -0.1) is 0 Å². The smallest absolute Gasteiger partial charge is 0.254 e. The van der Waals surface area contributed by atoms with Gasteiger partial charge in [-0.25, -0.2) is 8.42 Å². The Hall–Kier alpha value is -2.42. The van der Waals surface area contributed by atoms with Crippen LogP contribution in [0.4, 0.5) is 5.69 Å². The lowest BCUT2D eigenvalue weighted by Gasteiger charge is -2.21. The van der Waals surface area contributed by atoms with Crippen molar-refractivity contribution in [3.63, 3.8) is 0 Å². The maximum Gasteiger partial charge on any atom is 0.254 e. The Kier molecular flexibility index (Phi) is 8.22. The fourth-order valence-electron chi connectivity index (χ4n) is 3.10. The van der Waals surface area contributed by atoms with Crippen molar-refractivity contribution in [3.05, 3.63) is 58.1 Å². The molecule has 0 saturated heterocycles. The van der Waals surface area contributed by atoms with Crippen molar-refractivity contribution in [2.75, 3.05) is 32.0 Å². The van der Waals surface area contributed by atoms with E-state index < -0.39 is 15.9 Å². The highest BCUT2D eigenvalue weighted by molar-refractivity contribution is 7.89. The summed E-state index contributed by atoms with van der Waals surface area (Å²) in [6, 6.07) is 9.81. The van der Waals surface area contributed by atoms with Gasteiger partial charge in [0.25, 0.3) is 5.91 Å². The number of nitrogens with zero attached hydrogens (tertiary/aromatic N) is 2. The predicted molar refractivity (Wildman–Crippen MR) is 123 cm³/mol.